The minimum absolute atomic E-state index is 0.357. The summed E-state index contributed by atoms with van der Waals surface area (Å²) in [6, 6.07) is 11.0. The van der Waals surface area contributed by atoms with Gasteiger partial charge in [0.25, 0.3) is 0 Å². The first-order valence-electron chi connectivity index (χ1n) is 6.61. The van der Waals surface area contributed by atoms with Crippen LogP contribution in [0, 0.1) is 6.92 Å². The summed E-state index contributed by atoms with van der Waals surface area (Å²) in [5.74, 6) is 0.271. The number of hydrogen-bond acceptors (Lipinski definition) is 4. The van der Waals surface area contributed by atoms with E-state index < -0.39 is 5.76 Å². The van der Waals surface area contributed by atoms with Crippen molar-refractivity contribution in [2.45, 2.75) is 13.0 Å². The first-order chi connectivity index (χ1) is 10.1. The molecule has 1 atom stereocenters. The predicted octanol–water partition coefficient (Wildman–Crippen LogP) is 2.49. The van der Waals surface area contributed by atoms with E-state index in [2.05, 4.69) is 4.98 Å². The lowest BCUT2D eigenvalue weighted by molar-refractivity contribution is 0.407. The summed E-state index contributed by atoms with van der Waals surface area (Å²) in [6.07, 6.45) is 0. The number of oxazole rings is 1. The molecular formula is C16H16N2O3. The van der Waals surface area contributed by atoms with Crippen LogP contribution in [0.3, 0.4) is 0 Å². The monoisotopic (exact) mass is 284 g/mol. The number of aromatic amines is 1. The van der Waals surface area contributed by atoms with Crippen molar-refractivity contribution in [3.8, 4) is 5.75 Å². The van der Waals surface area contributed by atoms with Crippen LogP contribution in [0.25, 0.3) is 11.1 Å². The third kappa shape index (κ3) is 2.43. The Bertz CT molecular complexity index is 848. The molecule has 21 heavy (non-hydrogen) atoms. The molecule has 1 unspecified atom stereocenters. The second kappa shape index (κ2) is 5.10. The van der Waals surface area contributed by atoms with Gasteiger partial charge in [-0.25, -0.2) is 4.79 Å². The van der Waals surface area contributed by atoms with Crippen molar-refractivity contribution in [3.63, 3.8) is 0 Å². The van der Waals surface area contributed by atoms with E-state index >= 15 is 0 Å². The number of ether oxygens (including phenoxy) is 1. The molecule has 0 spiro atoms. The average Bonchev–Trinajstić information content (AvgIpc) is 2.85. The summed E-state index contributed by atoms with van der Waals surface area (Å²) in [7, 11) is 1.62. The zero-order valence-corrected chi connectivity index (χ0v) is 11.8. The van der Waals surface area contributed by atoms with Gasteiger partial charge in [0, 0.05) is 5.56 Å². The van der Waals surface area contributed by atoms with Crippen LogP contribution in [0.1, 0.15) is 22.7 Å². The van der Waals surface area contributed by atoms with Crippen molar-refractivity contribution < 1.29 is 9.15 Å². The molecule has 0 aliphatic rings. The van der Waals surface area contributed by atoms with Gasteiger partial charge in [-0.3, -0.25) is 4.98 Å². The molecule has 3 rings (SSSR count). The largest absolute Gasteiger partial charge is 0.496 e. The number of aromatic nitrogens is 1. The molecule has 0 saturated heterocycles. The Morgan fingerprint density at radius 3 is 2.81 bits per heavy atom. The lowest BCUT2D eigenvalue weighted by Crippen LogP contribution is -2.13. The highest BCUT2D eigenvalue weighted by Crippen LogP contribution is 2.30. The molecule has 108 valence electrons. The van der Waals surface area contributed by atoms with Gasteiger partial charge in [-0.15, -0.1) is 0 Å². The standard InChI is InChI=1S/C16H16N2O3/c1-9-3-6-13(20-2)11(7-9)15(17)10-4-5-12-14(8-10)21-16(19)18-12/h3-8,15H,17H2,1-2H3,(H,18,19). The van der Waals surface area contributed by atoms with E-state index in [1.807, 2.05) is 31.2 Å². The number of fused-ring (bicyclic) bond motifs is 1. The van der Waals surface area contributed by atoms with Crippen LogP contribution in [-0.2, 0) is 0 Å². The van der Waals surface area contributed by atoms with Crippen LogP contribution >= 0.6 is 0 Å². The van der Waals surface area contributed by atoms with Crippen molar-refractivity contribution in [3.05, 3.63) is 63.6 Å². The molecule has 3 aromatic rings. The summed E-state index contributed by atoms with van der Waals surface area (Å²) < 4.78 is 10.5. The average molecular weight is 284 g/mol. The quantitative estimate of drug-likeness (QED) is 0.774. The van der Waals surface area contributed by atoms with Crippen LogP contribution in [0.4, 0.5) is 0 Å². The number of methoxy groups -OCH3 is 1. The maximum absolute atomic E-state index is 11.2. The molecule has 5 nitrogen and oxygen atoms in total. The van der Waals surface area contributed by atoms with Gasteiger partial charge in [-0.1, -0.05) is 23.8 Å². The van der Waals surface area contributed by atoms with Gasteiger partial charge in [0.1, 0.15) is 5.75 Å². The number of H-pyrrole nitrogens is 1. The smallest absolute Gasteiger partial charge is 0.417 e. The highest BCUT2D eigenvalue weighted by Gasteiger charge is 2.15. The lowest BCUT2D eigenvalue weighted by atomic mass is 9.97. The fraction of sp³-hybridized carbons (Fsp3) is 0.188. The van der Waals surface area contributed by atoms with Crippen molar-refractivity contribution in [1.29, 1.82) is 0 Å². The summed E-state index contributed by atoms with van der Waals surface area (Å²) >= 11 is 0. The van der Waals surface area contributed by atoms with E-state index in [1.54, 1.807) is 19.2 Å². The van der Waals surface area contributed by atoms with Crippen molar-refractivity contribution in [2.75, 3.05) is 7.11 Å². The summed E-state index contributed by atoms with van der Waals surface area (Å²) in [4.78, 5) is 13.8. The van der Waals surface area contributed by atoms with Gasteiger partial charge in [0.05, 0.1) is 18.7 Å². The van der Waals surface area contributed by atoms with Crippen LogP contribution in [0.15, 0.2) is 45.6 Å². The lowest BCUT2D eigenvalue weighted by Gasteiger charge is -2.16. The summed E-state index contributed by atoms with van der Waals surface area (Å²) in [6.45, 7) is 2.00. The topological polar surface area (TPSA) is 81.2 Å². The number of aryl methyl sites for hydroxylation is 1. The molecule has 0 amide bonds. The molecule has 3 N–H and O–H groups in total. The molecule has 0 aliphatic carbocycles. The molecule has 0 aliphatic heterocycles. The molecule has 0 radical (unpaired) electrons. The number of nitrogens with one attached hydrogen (secondary N) is 1. The maximum Gasteiger partial charge on any atom is 0.417 e. The third-order valence-corrected chi connectivity index (χ3v) is 3.52. The predicted molar refractivity (Wildman–Crippen MR) is 80.6 cm³/mol. The highest BCUT2D eigenvalue weighted by atomic mass is 16.5. The summed E-state index contributed by atoms with van der Waals surface area (Å²) in [5.41, 5.74) is 10.4. The van der Waals surface area contributed by atoms with Gasteiger partial charge >= 0.3 is 5.76 Å². The van der Waals surface area contributed by atoms with E-state index in [4.69, 9.17) is 14.9 Å². The fourth-order valence-corrected chi connectivity index (χ4v) is 2.43. The SMILES string of the molecule is COc1ccc(C)cc1C(N)c1ccc2[nH]c(=O)oc2c1. The fourth-order valence-electron chi connectivity index (χ4n) is 2.43. The second-order valence-electron chi connectivity index (χ2n) is 4.99. The molecule has 1 aromatic heterocycles. The molecule has 1 heterocycles. The number of rotatable bonds is 3. The van der Waals surface area contributed by atoms with Gasteiger partial charge in [0.15, 0.2) is 5.58 Å². The van der Waals surface area contributed by atoms with Crippen LogP contribution in [-0.4, -0.2) is 12.1 Å². The zero-order valence-electron chi connectivity index (χ0n) is 11.8. The molecular weight excluding hydrogens is 268 g/mol. The molecule has 0 fully saturated rings. The normalized spacial score (nSPS) is 12.5. The van der Waals surface area contributed by atoms with E-state index in [9.17, 15) is 4.79 Å². The minimum atomic E-state index is -0.469. The molecule has 0 bridgehead atoms. The zero-order chi connectivity index (χ0) is 15.0. The summed E-state index contributed by atoms with van der Waals surface area (Å²) in [5, 5.41) is 0. The Labute approximate surface area is 121 Å². The van der Waals surface area contributed by atoms with Gasteiger partial charge in [-0.05, 0) is 30.7 Å². The van der Waals surface area contributed by atoms with E-state index in [-0.39, 0.29) is 6.04 Å². The maximum atomic E-state index is 11.2. The second-order valence-corrected chi connectivity index (χ2v) is 4.99. The molecule has 0 saturated carbocycles. The Kier molecular flexibility index (Phi) is 3.27. The van der Waals surface area contributed by atoms with E-state index in [1.165, 1.54) is 0 Å². The number of benzene rings is 2. The van der Waals surface area contributed by atoms with E-state index in [0.717, 1.165) is 22.4 Å². The van der Waals surface area contributed by atoms with Gasteiger partial charge < -0.3 is 14.9 Å². The highest BCUT2D eigenvalue weighted by molar-refractivity contribution is 5.73. The first kappa shape index (κ1) is 13.5. The van der Waals surface area contributed by atoms with Gasteiger partial charge in [-0.2, -0.15) is 0 Å². The van der Waals surface area contributed by atoms with Crippen molar-refractivity contribution in [1.82, 2.24) is 4.98 Å². The molecule has 2 aromatic carbocycles. The Morgan fingerprint density at radius 1 is 1.24 bits per heavy atom. The van der Waals surface area contributed by atoms with Crippen molar-refractivity contribution >= 4 is 11.1 Å². The van der Waals surface area contributed by atoms with Gasteiger partial charge in [0.2, 0.25) is 0 Å². The van der Waals surface area contributed by atoms with E-state index in [0.29, 0.717) is 11.1 Å². The van der Waals surface area contributed by atoms with Crippen molar-refractivity contribution in [2.24, 2.45) is 5.73 Å². The Morgan fingerprint density at radius 2 is 2.05 bits per heavy atom. The minimum Gasteiger partial charge on any atom is -0.496 e. The van der Waals surface area contributed by atoms with Crippen LogP contribution in [0.2, 0.25) is 0 Å². The number of nitrogens with two attached hydrogens (primary N) is 1. The van der Waals surface area contributed by atoms with Crippen LogP contribution < -0.4 is 16.2 Å². The third-order valence-electron chi connectivity index (χ3n) is 3.52. The Balaban J connectivity index is 2.09. The first-order valence-corrected chi connectivity index (χ1v) is 6.61. The molecule has 5 heteroatoms. The van der Waals surface area contributed by atoms with Crippen LogP contribution in [0.5, 0.6) is 5.75 Å². The number of hydrogen-bond donors (Lipinski definition) is 2. The Hall–Kier alpha value is -2.53.